The van der Waals surface area contributed by atoms with E-state index in [0.29, 0.717) is 5.69 Å². The maximum Gasteiger partial charge on any atom is 0.324 e. The number of carbonyl (C=O) groups excluding carboxylic acids is 1. The molecule has 0 unspecified atom stereocenters. The van der Waals surface area contributed by atoms with Gasteiger partial charge >= 0.3 is 5.00 Å². The summed E-state index contributed by atoms with van der Waals surface area (Å²) < 4.78 is 1.18. The van der Waals surface area contributed by atoms with Crippen molar-refractivity contribution in [3.05, 3.63) is 81.0 Å². The van der Waals surface area contributed by atoms with Gasteiger partial charge in [0.1, 0.15) is 0 Å². The van der Waals surface area contributed by atoms with E-state index < -0.39 is 10.8 Å². The van der Waals surface area contributed by atoms with Gasteiger partial charge in [0.2, 0.25) is 0 Å². The van der Waals surface area contributed by atoms with Crippen molar-refractivity contribution in [1.29, 1.82) is 0 Å². The molecule has 7 heteroatoms. The minimum absolute atomic E-state index is 0.0651. The maximum atomic E-state index is 12.2. The summed E-state index contributed by atoms with van der Waals surface area (Å²) in [5.74, 6) is -0.395. The number of aromatic nitrogens is 2. The molecule has 0 aliphatic heterocycles. The average Bonchev–Trinajstić information content (AvgIpc) is 3.23. The topological polar surface area (TPSA) is 78.0 Å². The Kier molecular flexibility index (Phi) is 4.11. The molecule has 0 aliphatic rings. The highest BCUT2D eigenvalue weighted by molar-refractivity contribution is 7.13. The lowest BCUT2D eigenvalue weighted by Gasteiger charge is -1.95. The van der Waals surface area contributed by atoms with Gasteiger partial charge in [-0.1, -0.05) is 47.7 Å². The summed E-state index contributed by atoms with van der Waals surface area (Å²) in [6.45, 7) is 0. The average molecular weight is 325 g/mol. The van der Waals surface area contributed by atoms with Crippen molar-refractivity contribution in [1.82, 2.24) is 9.78 Å². The van der Waals surface area contributed by atoms with Gasteiger partial charge in [0, 0.05) is 17.6 Å². The molecule has 0 atom stereocenters. The lowest BCUT2D eigenvalue weighted by Crippen LogP contribution is -2.11. The molecule has 3 rings (SSSR count). The van der Waals surface area contributed by atoms with Crippen LogP contribution in [0.3, 0.4) is 0 Å². The van der Waals surface area contributed by atoms with E-state index in [9.17, 15) is 14.9 Å². The monoisotopic (exact) mass is 325 g/mol. The molecule has 0 fully saturated rings. The van der Waals surface area contributed by atoms with E-state index in [4.69, 9.17) is 0 Å². The maximum absolute atomic E-state index is 12.2. The summed E-state index contributed by atoms with van der Waals surface area (Å²) >= 11 is 0.920. The van der Waals surface area contributed by atoms with E-state index in [1.165, 1.54) is 22.3 Å². The smallest absolute Gasteiger partial charge is 0.267 e. The second kappa shape index (κ2) is 6.37. The molecule has 0 amide bonds. The number of rotatable bonds is 4. The summed E-state index contributed by atoms with van der Waals surface area (Å²) in [6, 6.07) is 12.7. The normalized spacial score (nSPS) is 11.0. The summed E-state index contributed by atoms with van der Waals surface area (Å²) in [6.07, 6.45) is 5.23. The Balaban J connectivity index is 1.77. The lowest BCUT2D eigenvalue weighted by molar-refractivity contribution is -0.380. The van der Waals surface area contributed by atoms with Gasteiger partial charge in [-0.3, -0.25) is 14.9 Å². The number of benzene rings is 1. The van der Waals surface area contributed by atoms with Crippen LogP contribution in [0.5, 0.6) is 0 Å². The Hall–Kier alpha value is -3.06. The van der Waals surface area contributed by atoms with Crippen molar-refractivity contribution >= 4 is 34.4 Å². The quantitative estimate of drug-likeness (QED) is 0.541. The number of hydrogen-bond acceptors (Lipinski definition) is 5. The SMILES string of the molecule is O=C(c1csc([N+](=O)[O-])c1)n1ccc(/C=C/c2ccccc2)n1. The molecule has 114 valence electrons. The van der Waals surface area contributed by atoms with Crippen LogP contribution in [0.15, 0.2) is 54.0 Å². The minimum atomic E-state index is -0.515. The highest BCUT2D eigenvalue weighted by atomic mass is 32.1. The van der Waals surface area contributed by atoms with Crippen molar-refractivity contribution in [2.45, 2.75) is 0 Å². The first-order chi connectivity index (χ1) is 11.1. The number of carbonyl (C=O) groups is 1. The fourth-order valence-corrected chi connectivity index (χ4v) is 2.65. The van der Waals surface area contributed by atoms with Crippen LogP contribution in [0, 0.1) is 10.1 Å². The molecular weight excluding hydrogens is 314 g/mol. The van der Waals surface area contributed by atoms with E-state index in [-0.39, 0.29) is 10.6 Å². The Bertz CT molecular complexity index is 881. The van der Waals surface area contributed by atoms with Crippen molar-refractivity contribution in [2.24, 2.45) is 0 Å². The van der Waals surface area contributed by atoms with Crippen LogP contribution in [-0.2, 0) is 0 Å². The third kappa shape index (κ3) is 3.41. The largest absolute Gasteiger partial charge is 0.324 e. The number of nitrogens with zero attached hydrogens (tertiary/aromatic N) is 3. The fraction of sp³-hybridized carbons (Fsp3) is 0. The van der Waals surface area contributed by atoms with Gasteiger partial charge in [0.05, 0.1) is 16.2 Å². The molecule has 0 N–H and O–H groups in total. The summed E-state index contributed by atoms with van der Waals surface area (Å²) in [5.41, 5.74) is 1.91. The molecule has 0 bridgehead atoms. The van der Waals surface area contributed by atoms with E-state index in [0.717, 1.165) is 16.9 Å². The van der Waals surface area contributed by atoms with Gasteiger partial charge in [0.15, 0.2) is 0 Å². The molecular formula is C16H11N3O3S. The first-order valence-corrected chi connectivity index (χ1v) is 7.58. The molecule has 0 radical (unpaired) electrons. The van der Waals surface area contributed by atoms with Crippen LogP contribution < -0.4 is 0 Å². The van der Waals surface area contributed by atoms with Gasteiger partial charge in [-0.05, 0) is 17.7 Å². The fourth-order valence-electron chi connectivity index (χ4n) is 1.95. The van der Waals surface area contributed by atoms with E-state index in [1.54, 1.807) is 12.1 Å². The van der Waals surface area contributed by atoms with Gasteiger partial charge in [-0.15, -0.1) is 0 Å². The van der Waals surface area contributed by atoms with Crippen LogP contribution in [0.4, 0.5) is 5.00 Å². The van der Waals surface area contributed by atoms with E-state index >= 15 is 0 Å². The Morgan fingerprint density at radius 1 is 1.22 bits per heavy atom. The first kappa shape index (κ1) is 14.9. The zero-order chi connectivity index (χ0) is 16.2. The predicted octanol–water partition coefficient (Wildman–Crippen LogP) is 3.71. The molecule has 2 aromatic heterocycles. The van der Waals surface area contributed by atoms with Crippen LogP contribution >= 0.6 is 11.3 Å². The summed E-state index contributed by atoms with van der Waals surface area (Å²) in [5, 5.41) is 16.2. The molecule has 6 nitrogen and oxygen atoms in total. The van der Waals surface area contributed by atoms with Crippen LogP contribution in [0.25, 0.3) is 12.2 Å². The van der Waals surface area contributed by atoms with Crippen LogP contribution in [0.2, 0.25) is 0 Å². The Labute approximate surface area is 135 Å². The summed E-state index contributed by atoms with van der Waals surface area (Å²) in [7, 11) is 0. The highest BCUT2D eigenvalue weighted by Crippen LogP contribution is 2.23. The minimum Gasteiger partial charge on any atom is -0.267 e. The van der Waals surface area contributed by atoms with Crippen molar-refractivity contribution in [2.75, 3.05) is 0 Å². The van der Waals surface area contributed by atoms with Crippen molar-refractivity contribution < 1.29 is 9.72 Å². The second-order valence-corrected chi connectivity index (χ2v) is 5.55. The van der Waals surface area contributed by atoms with Crippen LogP contribution in [0.1, 0.15) is 21.6 Å². The number of thiophene rings is 1. The molecule has 0 aliphatic carbocycles. The lowest BCUT2D eigenvalue weighted by atomic mass is 10.2. The van der Waals surface area contributed by atoms with Gasteiger partial charge in [-0.25, -0.2) is 4.68 Å². The standard InChI is InChI=1S/C16H11N3O3S/c20-16(13-10-15(19(21)22)23-11-13)18-9-8-14(17-18)7-6-12-4-2-1-3-5-12/h1-11H/b7-6+. The number of nitro groups is 1. The highest BCUT2D eigenvalue weighted by Gasteiger charge is 2.16. The first-order valence-electron chi connectivity index (χ1n) is 6.70. The van der Waals surface area contributed by atoms with E-state index in [2.05, 4.69) is 5.10 Å². The zero-order valence-electron chi connectivity index (χ0n) is 11.8. The summed E-state index contributed by atoms with van der Waals surface area (Å²) in [4.78, 5) is 22.4. The van der Waals surface area contributed by atoms with Crippen LogP contribution in [-0.4, -0.2) is 20.6 Å². The second-order valence-electron chi connectivity index (χ2n) is 4.67. The van der Waals surface area contributed by atoms with Crippen molar-refractivity contribution in [3.63, 3.8) is 0 Å². The molecule has 23 heavy (non-hydrogen) atoms. The molecule has 2 heterocycles. The van der Waals surface area contributed by atoms with Gasteiger partial charge < -0.3 is 0 Å². The Morgan fingerprint density at radius 2 is 2.00 bits per heavy atom. The molecule has 3 aromatic rings. The zero-order valence-corrected chi connectivity index (χ0v) is 12.6. The Morgan fingerprint density at radius 3 is 2.70 bits per heavy atom. The molecule has 0 spiro atoms. The third-order valence-corrected chi connectivity index (χ3v) is 3.96. The molecule has 0 saturated heterocycles. The molecule has 0 saturated carbocycles. The van der Waals surface area contributed by atoms with Gasteiger partial charge in [-0.2, -0.15) is 5.10 Å². The van der Waals surface area contributed by atoms with E-state index in [1.807, 2.05) is 36.4 Å². The number of hydrogen-bond donors (Lipinski definition) is 0. The van der Waals surface area contributed by atoms with Gasteiger partial charge in [0.25, 0.3) is 5.91 Å². The molecule has 1 aromatic carbocycles. The third-order valence-electron chi connectivity index (χ3n) is 3.08. The van der Waals surface area contributed by atoms with Crippen molar-refractivity contribution in [3.8, 4) is 0 Å². The predicted molar refractivity (Wildman–Crippen MR) is 88.3 cm³/mol.